The highest BCUT2D eigenvalue weighted by atomic mass is 15.4. The van der Waals surface area contributed by atoms with Crippen molar-refractivity contribution in [3.63, 3.8) is 0 Å². The van der Waals surface area contributed by atoms with Gasteiger partial charge in [-0.05, 0) is 25.0 Å². The number of hydrogen-bond donors (Lipinski definition) is 1. The molecule has 0 saturated carbocycles. The van der Waals surface area contributed by atoms with Crippen molar-refractivity contribution in [2.24, 2.45) is 10.9 Å². The number of rotatable bonds is 4. The number of hydrogen-bond acceptors (Lipinski definition) is 3. The van der Waals surface area contributed by atoms with E-state index in [9.17, 15) is 0 Å². The number of nitrogens with one attached hydrogen (secondary N) is 1. The predicted octanol–water partition coefficient (Wildman–Crippen LogP) is 1.83. The van der Waals surface area contributed by atoms with Gasteiger partial charge in [0.15, 0.2) is 5.96 Å². The minimum absolute atomic E-state index is 0.591. The Labute approximate surface area is 128 Å². The number of aliphatic imine (C=N–C) groups is 1. The zero-order chi connectivity index (χ0) is 15.1. The second kappa shape index (κ2) is 7.86. The van der Waals surface area contributed by atoms with Gasteiger partial charge < -0.3 is 15.1 Å². The van der Waals surface area contributed by atoms with Crippen molar-refractivity contribution in [1.82, 2.24) is 15.2 Å². The fraction of sp³-hybridized carbons (Fsp3) is 0.625. The number of nitrogens with zero attached hydrogens (tertiary/aromatic N) is 4. The molecular formula is C16H27N5. The van der Waals surface area contributed by atoms with Crippen LogP contribution in [-0.2, 0) is 0 Å². The molecule has 0 bridgehead atoms. The van der Waals surface area contributed by atoms with Crippen LogP contribution in [0.25, 0.3) is 0 Å². The lowest BCUT2D eigenvalue weighted by atomic mass is 10.2. The molecule has 1 aromatic heterocycles. The van der Waals surface area contributed by atoms with E-state index in [0.717, 1.165) is 51.0 Å². The Hall–Kier alpha value is -1.78. The third kappa shape index (κ3) is 4.62. The van der Waals surface area contributed by atoms with Gasteiger partial charge in [0.2, 0.25) is 0 Å². The molecule has 21 heavy (non-hydrogen) atoms. The molecule has 0 aliphatic carbocycles. The Balaban J connectivity index is 1.93. The second-order valence-corrected chi connectivity index (χ2v) is 5.75. The number of aromatic nitrogens is 1. The van der Waals surface area contributed by atoms with E-state index in [1.165, 1.54) is 0 Å². The molecule has 1 aliphatic heterocycles. The molecule has 1 aliphatic rings. The van der Waals surface area contributed by atoms with E-state index in [-0.39, 0.29) is 0 Å². The molecule has 0 unspecified atom stereocenters. The van der Waals surface area contributed by atoms with E-state index < -0.39 is 0 Å². The van der Waals surface area contributed by atoms with Crippen LogP contribution in [0.5, 0.6) is 0 Å². The number of piperazine rings is 1. The molecule has 2 heterocycles. The molecule has 0 radical (unpaired) electrons. The van der Waals surface area contributed by atoms with Gasteiger partial charge in [0, 0.05) is 45.5 Å². The first-order valence-corrected chi connectivity index (χ1v) is 7.90. The molecule has 1 aromatic rings. The predicted molar refractivity (Wildman–Crippen MR) is 88.8 cm³/mol. The van der Waals surface area contributed by atoms with Crippen LogP contribution in [0.4, 0.5) is 5.82 Å². The lowest BCUT2D eigenvalue weighted by Gasteiger charge is -2.37. The van der Waals surface area contributed by atoms with Crippen molar-refractivity contribution in [2.75, 3.05) is 44.2 Å². The Morgan fingerprint density at radius 1 is 1.29 bits per heavy atom. The Kier molecular flexibility index (Phi) is 5.84. The molecular weight excluding hydrogens is 262 g/mol. The average Bonchev–Trinajstić information content (AvgIpc) is 2.52. The van der Waals surface area contributed by atoms with Crippen LogP contribution in [0.1, 0.15) is 20.8 Å². The quantitative estimate of drug-likeness (QED) is 0.678. The first kappa shape index (κ1) is 15.6. The van der Waals surface area contributed by atoms with Gasteiger partial charge in [-0.25, -0.2) is 4.98 Å². The third-order valence-electron chi connectivity index (χ3n) is 3.49. The fourth-order valence-electron chi connectivity index (χ4n) is 2.38. The van der Waals surface area contributed by atoms with E-state index in [1.807, 2.05) is 18.3 Å². The third-order valence-corrected chi connectivity index (χ3v) is 3.49. The van der Waals surface area contributed by atoms with Gasteiger partial charge in [0.1, 0.15) is 5.82 Å². The topological polar surface area (TPSA) is 43.8 Å². The van der Waals surface area contributed by atoms with Crippen molar-refractivity contribution in [3.05, 3.63) is 24.4 Å². The standard InChI is InChI=1S/C16H27N5/c1-4-17-16(19-13-14(2)3)21-11-9-20(10-12-21)15-7-5-6-8-18-15/h5-8,14H,4,9-13H2,1-3H3,(H,17,19). The molecule has 1 fully saturated rings. The zero-order valence-corrected chi connectivity index (χ0v) is 13.4. The average molecular weight is 289 g/mol. The molecule has 0 aromatic carbocycles. The van der Waals surface area contributed by atoms with Crippen LogP contribution in [0.3, 0.4) is 0 Å². The zero-order valence-electron chi connectivity index (χ0n) is 13.4. The molecule has 116 valence electrons. The SMILES string of the molecule is CCNC(=NCC(C)C)N1CCN(c2ccccn2)CC1. The van der Waals surface area contributed by atoms with Crippen LogP contribution >= 0.6 is 0 Å². The Morgan fingerprint density at radius 2 is 2.05 bits per heavy atom. The first-order valence-electron chi connectivity index (χ1n) is 7.90. The second-order valence-electron chi connectivity index (χ2n) is 5.75. The number of guanidine groups is 1. The van der Waals surface area contributed by atoms with Gasteiger partial charge in [0.25, 0.3) is 0 Å². The smallest absolute Gasteiger partial charge is 0.194 e. The summed E-state index contributed by atoms with van der Waals surface area (Å²) in [5.74, 6) is 2.71. The van der Waals surface area contributed by atoms with Crippen molar-refractivity contribution >= 4 is 11.8 Å². The largest absolute Gasteiger partial charge is 0.357 e. The van der Waals surface area contributed by atoms with Crippen LogP contribution in [-0.4, -0.2) is 55.1 Å². The summed E-state index contributed by atoms with van der Waals surface area (Å²) < 4.78 is 0. The summed E-state index contributed by atoms with van der Waals surface area (Å²) in [5, 5.41) is 3.40. The van der Waals surface area contributed by atoms with Gasteiger partial charge in [-0.1, -0.05) is 19.9 Å². The number of anilines is 1. The van der Waals surface area contributed by atoms with Crippen LogP contribution in [0.2, 0.25) is 0 Å². The number of pyridine rings is 1. The van der Waals surface area contributed by atoms with Crippen LogP contribution in [0.15, 0.2) is 29.4 Å². The molecule has 5 heteroatoms. The summed E-state index contributed by atoms with van der Waals surface area (Å²) in [4.78, 5) is 13.8. The van der Waals surface area contributed by atoms with E-state index in [1.54, 1.807) is 0 Å². The summed E-state index contributed by atoms with van der Waals surface area (Å²) in [7, 11) is 0. The van der Waals surface area contributed by atoms with E-state index >= 15 is 0 Å². The lowest BCUT2D eigenvalue weighted by molar-refractivity contribution is 0.370. The van der Waals surface area contributed by atoms with Crippen LogP contribution in [0, 0.1) is 5.92 Å². The monoisotopic (exact) mass is 289 g/mol. The molecule has 0 amide bonds. The molecule has 1 saturated heterocycles. The van der Waals surface area contributed by atoms with E-state index in [2.05, 4.69) is 46.9 Å². The highest BCUT2D eigenvalue weighted by Crippen LogP contribution is 2.12. The summed E-state index contributed by atoms with van der Waals surface area (Å²) in [6, 6.07) is 6.08. The van der Waals surface area contributed by atoms with Crippen LogP contribution < -0.4 is 10.2 Å². The minimum atomic E-state index is 0.591. The van der Waals surface area contributed by atoms with E-state index in [4.69, 9.17) is 4.99 Å². The highest BCUT2D eigenvalue weighted by Gasteiger charge is 2.20. The summed E-state index contributed by atoms with van der Waals surface area (Å²) in [5.41, 5.74) is 0. The molecule has 0 spiro atoms. The summed E-state index contributed by atoms with van der Waals surface area (Å²) in [6.45, 7) is 12.3. The van der Waals surface area contributed by atoms with Gasteiger partial charge in [-0.15, -0.1) is 0 Å². The highest BCUT2D eigenvalue weighted by molar-refractivity contribution is 5.80. The fourth-order valence-corrected chi connectivity index (χ4v) is 2.38. The maximum Gasteiger partial charge on any atom is 0.194 e. The van der Waals surface area contributed by atoms with E-state index in [0.29, 0.717) is 5.92 Å². The van der Waals surface area contributed by atoms with Gasteiger partial charge in [-0.3, -0.25) is 4.99 Å². The van der Waals surface area contributed by atoms with Gasteiger partial charge in [-0.2, -0.15) is 0 Å². The van der Waals surface area contributed by atoms with Crippen molar-refractivity contribution in [3.8, 4) is 0 Å². The molecule has 2 rings (SSSR count). The molecule has 1 N–H and O–H groups in total. The van der Waals surface area contributed by atoms with Crippen molar-refractivity contribution in [1.29, 1.82) is 0 Å². The van der Waals surface area contributed by atoms with Crippen molar-refractivity contribution < 1.29 is 0 Å². The molecule has 0 atom stereocenters. The van der Waals surface area contributed by atoms with Gasteiger partial charge >= 0.3 is 0 Å². The summed E-state index contributed by atoms with van der Waals surface area (Å²) in [6.07, 6.45) is 1.86. The maximum atomic E-state index is 4.73. The van der Waals surface area contributed by atoms with Gasteiger partial charge in [0.05, 0.1) is 0 Å². The Morgan fingerprint density at radius 3 is 2.62 bits per heavy atom. The normalized spacial score (nSPS) is 16.5. The first-order chi connectivity index (χ1) is 10.2. The summed E-state index contributed by atoms with van der Waals surface area (Å²) >= 11 is 0. The molecule has 5 nitrogen and oxygen atoms in total. The maximum absolute atomic E-state index is 4.73. The Bertz CT molecular complexity index is 435. The minimum Gasteiger partial charge on any atom is -0.357 e. The lowest BCUT2D eigenvalue weighted by Crippen LogP contribution is -2.52. The van der Waals surface area contributed by atoms with Crippen molar-refractivity contribution in [2.45, 2.75) is 20.8 Å².